The molecule has 9 nitrogen and oxygen atoms in total. The van der Waals surface area contributed by atoms with Crippen molar-refractivity contribution in [3.8, 4) is 0 Å². The molecule has 1 saturated heterocycles. The lowest BCUT2D eigenvalue weighted by Gasteiger charge is -2.23. The summed E-state index contributed by atoms with van der Waals surface area (Å²) >= 11 is 0. The van der Waals surface area contributed by atoms with Gasteiger partial charge in [-0.1, -0.05) is 6.07 Å². The van der Waals surface area contributed by atoms with Crippen LogP contribution in [0.15, 0.2) is 47.5 Å². The lowest BCUT2D eigenvalue weighted by molar-refractivity contribution is -0.385. The highest BCUT2D eigenvalue weighted by Gasteiger charge is 2.32. The fourth-order valence-electron chi connectivity index (χ4n) is 3.55. The Morgan fingerprint density at radius 1 is 1.03 bits per heavy atom. The third-order valence-electron chi connectivity index (χ3n) is 5.07. The summed E-state index contributed by atoms with van der Waals surface area (Å²) in [5.41, 5.74) is -1.91. The molecule has 3 aromatic heterocycles. The molecule has 0 aromatic carbocycles. The summed E-state index contributed by atoms with van der Waals surface area (Å²) in [6.45, 7) is 1.53. The number of hydrogen-bond acceptors (Lipinski definition) is 7. The van der Waals surface area contributed by atoms with Crippen molar-refractivity contribution in [1.29, 1.82) is 0 Å². The van der Waals surface area contributed by atoms with Crippen LogP contribution in [0.2, 0.25) is 0 Å². The van der Waals surface area contributed by atoms with Gasteiger partial charge in [0.15, 0.2) is 0 Å². The maximum atomic E-state index is 12.8. The number of hydrogen-bond donors (Lipinski definition) is 0. The molecule has 0 unspecified atom stereocenters. The van der Waals surface area contributed by atoms with E-state index in [4.69, 9.17) is 0 Å². The number of halogens is 3. The van der Waals surface area contributed by atoms with Gasteiger partial charge in [-0.05, 0) is 30.7 Å². The molecule has 0 spiro atoms. The zero-order chi connectivity index (χ0) is 22.2. The van der Waals surface area contributed by atoms with E-state index in [1.165, 1.54) is 12.3 Å². The van der Waals surface area contributed by atoms with Gasteiger partial charge in [-0.2, -0.15) is 13.2 Å². The maximum absolute atomic E-state index is 12.8. The second-order valence-electron chi connectivity index (χ2n) is 7.01. The average Bonchev–Trinajstić information content (AvgIpc) is 2.99. The van der Waals surface area contributed by atoms with Gasteiger partial charge >= 0.3 is 17.4 Å². The molecule has 12 heteroatoms. The minimum atomic E-state index is -4.46. The quantitative estimate of drug-likeness (QED) is 0.462. The SMILES string of the molecule is O=c1c([N+](=O)[O-])c(N2CCCN(c3ccc(C(F)(F)F)cn3)CC2)nc2ccccn12. The fourth-order valence-corrected chi connectivity index (χ4v) is 3.55. The van der Waals surface area contributed by atoms with Crippen molar-refractivity contribution in [2.24, 2.45) is 0 Å². The van der Waals surface area contributed by atoms with Crippen LogP contribution in [0.25, 0.3) is 5.65 Å². The maximum Gasteiger partial charge on any atom is 0.417 e. The normalized spacial score (nSPS) is 15.2. The van der Waals surface area contributed by atoms with E-state index in [9.17, 15) is 28.1 Å². The number of nitro groups is 1. The Balaban J connectivity index is 1.62. The molecule has 0 radical (unpaired) electrons. The first-order valence-corrected chi connectivity index (χ1v) is 9.44. The van der Waals surface area contributed by atoms with Crippen molar-refractivity contribution < 1.29 is 18.1 Å². The predicted octanol–water partition coefficient (Wildman–Crippen LogP) is 2.73. The van der Waals surface area contributed by atoms with Crippen LogP contribution in [0.5, 0.6) is 0 Å². The first-order valence-electron chi connectivity index (χ1n) is 9.44. The van der Waals surface area contributed by atoms with E-state index in [1.807, 2.05) is 0 Å². The van der Waals surface area contributed by atoms with Gasteiger partial charge < -0.3 is 9.80 Å². The minimum absolute atomic E-state index is 0.0107. The molecule has 4 heterocycles. The van der Waals surface area contributed by atoms with Crippen LogP contribution in [-0.2, 0) is 6.18 Å². The summed E-state index contributed by atoms with van der Waals surface area (Å²) in [7, 11) is 0. The smallest absolute Gasteiger partial charge is 0.355 e. The second-order valence-corrected chi connectivity index (χ2v) is 7.01. The van der Waals surface area contributed by atoms with Gasteiger partial charge in [-0.3, -0.25) is 19.3 Å². The summed E-state index contributed by atoms with van der Waals surface area (Å²) in [5.74, 6) is 0.374. The molecule has 162 valence electrons. The summed E-state index contributed by atoms with van der Waals surface area (Å²) in [5, 5.41) is 11.6. The lowest BCUT2D eigenvalue weighted by atomic mass is 10.2. The van der Waals surface area contributed by atoms with Gasteiger partial charge in [-0.15, -0.1) is 0 Å². The van der Waals surface area contributed by atoms with E-state index in [-0.39, 0.29) is 5.82 Å². The van der Waals surface area contributed by atoms with Crippen LogP contribution >= 0.6 is 0 Å². The first kappa shape index (κ1) is 20.6. The van der Waals surface area contributed by atoms with Gasteiger partial charge in [0, 0.05) is 38.6 Å². The van der Waals surface area contributed by atoms with E-state index in [0.717, 1.165) is 16.7 Å². The fraction of sp³-hybridized carbons (Fsp3) is 0.316. The molecular weight excluding hydrogens is 417 g/mol. The Hall–Kier alpha value is -3.70. The topological polar surface area (TPSA) is 96.9 Å². The number of anilines is 2. The molecule has 0 saturated carbocycles. The molecule has 4 rings (SSSR count). The van der Waals surface area contributed by atoms with Crippen molar-refractivity contribution in [3.63, 3.8) is 0 Å². The van der Waals surface area contributed by atoms with Crippen LogP contribution in [0.3, 0.4) is 0 Å². The Morgan fingerprint density at radius 3 is 2.45 bits per heavy atom. The van der Waals surface area contributed by atoms with Crippen molar-refractivity contribution >= 4 is 23.0 Å². The van der Waals surface area contributed by atoms with Gasteiger partial charge in [0.05, 0.1) is 10.5 Å². The number of rotatable bonds is 3. The lowest BCUT2D eigenvalue weighted by Crippen LogP contribution is -2.33. The largest absolute Gasteiger partial charge is 0.417 e. The highest BCUT2D eigenvalue weighted by molar-refractivity contribution is 5.61. The first-order chi connectivity index (χ1) is 14.8. The Kier molecular flexibility index (Phi) is 5.21. The molecule has 1 aliphatic rings. The molecule has 1 fully saturated rings. The van der Waals surface area contributed by atoms with Gasteiger partial charge in [0.25, 0.3) is 0 Å². The summed E-state index contributed by atoms with van der Waals surface area (Å²) in [6.07, 6.45) is -1.71. The summed E-state index contributed by atoms with van der Waals surface area (Å²) in [6, 6.07) is 7.13. The Morgan fingerprint density at radius 2 is 1.77 bits per heavy atom. The average molecular weight is 434 g/mol. The zero-order valence-electron chi connectivity index (χ0n) is 16.1. The summed E-state index contributed by atoms with van der Waals surface area (Å²) < 4.78 is 39.4. The van der Waals surface area contributed by atoms with Crippen LogP contribution in [-0.4, -0.2) is 45.5 Å². The standard InChI is InChI=1S/C19H17F3N6O3/c20-19(21,22)13-5-6-14(23-12-13)25-7-3-8-26(11-10-25)17-16(28(30)31)18(29)27-9-2-1-4-15(27)24-17/h1-2,4-6,9,12H,3,7-8,10-11H2. The van der Waals surface area contributed by atoms with Crippen molar-refractivity contribution in [3.05, 3.63) is 68.8 Å². The second kappa shape index (κ2) is 7.85. The van der Waals surface area contributed by atoms with Crippen molar-refractivity contribution in [2.75, 3.05) is 36.0 Å². The van der Waals surface area contributed by atoms with Crippen molar-refractivity contribution in [2.45, 2.75) is 12.6 Å². The number of alkyl halides is 3. The van der Waals surface area contributed by atoms with Gasteiger partial charge in [-0.25, -0.2) is 9.97 Å². The number of pyridine rings is 2. The van der Waals surface area contributed by atoms with E-state index in [0.29, 0.717) is 44.1 Å². The summed E-state index contributed by atoms with van der Waals surface area (Å²) in [4.78, 5) is 35.3. The van der Waals surface area contributed by atoms with E-state index >= 15 is 0 Å². The number of aromatic nitrogens is 3. The van der Waals surface area contributed by atoms with Crippen molar-refractivity contribution in [1.82, 2.24) is 14.4 Å². The Labute approximate surface area is 173 Å². The zero-order valence-corrected chi connectivity index (χ0v) is 16.1. The number of fused-ring (bicyclic) bond motifs is 1. The highest BCUT2D eigenvalue weighted by atomic mass is 19.4. The van der Waals surface area contributed by atoms with Gasteiger partial charge in [0.2, 0.25) is 5.82 Å². The number of nitrogens with zero attached hydrogens (tertiary/aromatic N) is 6. The molecule has 0 atom stereocenters. The predicted molar refractivity (Wildman–Crippen MR) is 106 cm³/mol. The van der Waals surface area contributed by atoms with E-state index in [1.54, 1.807) is 28.0 Å². The van der Waals surface area contributed by atoms with E-state index in [2.05, 4.69) is 9.97 Å². The molecule has 0 N–H and O–H groups in total. The molecule has 1 aliphatic heterocycles. The van der Waals surface area contributed by atoms with Crippen LogP contribution in [0.1, 0.15) is 12.0 Å². The third-order valence-corrected chi connectivity index (χ3v) is 5.07. The van der Waals surface area contributed by atoms with Crippen LogP contribution < -0.4 is 15.4 Å². The highest BCUT2D eigenvalue weighted by Crippen LogP contribution is 2.30. The van der Waals surface area contributed by atoms with Crippen LogP contribution in [0, 0.1) is 10.1 Å². The molecule has 0 amide bonds. The molecular formula is C19H17F3N6O3. The molecule has 31 heavy (non-hydrogen) atoms. The molecule has 3 aromatic rings. The van der Waals surface area contributed by atoms with E-state index < -0.39 is 27.9 Å². The third kappa shape index (κ3) is 4.00. The molecule has 0 aliphatic carbocycles. The Bertz CT molecular complexity index is 1180. The van der Waals surface area contributed by atoms with Crippen LogP contribution in [0.4, 0.5) is 30.5 Å². The molecule has 0 bridgehead atoms. The van der Waals surface area contributed by atoms with Gasteiger partial charge in [0.1, 0.15) is 11.5 Å². The minimum Gasteiger partial charge on any atom is -0.355 e. The monoisotopic (exact) mass is 434 g/mol.